The molecular weight excluding hydrogens is 480 g/mol. The molecule has 12 heteroatoms. The third kappa shape index (κ3) is 5.02. The van der Waals surface area contributed by atoms with Crippen molar-refractivity contribution in [3.63, 3.8) is 0 Å². The number of rotatable bonds is 8. The summed E-state index contributed by atoms with van der Waals surface area (Å²) in [7, 11) is 0. The number of benzene rings is 1. The van der Waals surface area contributed by atoms with Crippen molar-refractivity contribution in [2.75, 3.05) is 17.9 Å². The quantitative estimate of drug-likeness (QED) is 0.282. The zero-order valence-electron chi connectivity index (χ0n) is 17.4. The van der Waals surface area contributed by atoms with Crippen LogP contribution in [0, 0.1) is 0 Å². The number of ether oxygens (including phenoxy) is 3. The Hall–Kier alpha value is -3.90. The lowest BCUT2D eigenvalue weighted by molar-refractivity contribution is -0.113. The number of pyridine rings is 1. The van der Waals surface area contributed by atoms with Gasteiger partial charge in [-0.3, -0.25) is 4.79 Å². The number of nitrogens with zero attached hydrogens (tertiary/aromatic N) is 3. The van der Waals surface area contributed by atoms with Gasteiger partial charge in [0.25, 0.3) is 11.8 Å². The summed E-state index contributed by atoms with van der Waals surface area (Å²) in [4.78, 5) is 30.1. The summed E-state index contributed by atoms with van der Waals surface area (Å²) in [6.45, 7) is -0.0236. The Morgan fingerprint density at radius 1 is 1.12 bits per heavy atom. The number of thiophene rings is 1. The maximum atomic E-state index is 12.6. The van der Waals surface area contributed by atoms with Crippen LogP contribution in [-0.4, -0.2) is 39.6 Å². The smallest absolute Gasteiger partial charge is 0.341 e. The number of carbonyl (C=O) groups is 2. The molecule has 0 aliphatic carbocycles. The third-order valence-electron chi connectivity index (χ3n) is 4.51. The summed E-state index contributed by atoms with van der Waals surface area (Å²) < 4.78 is 21.4. The summed E-state index contributed by atoms with van der Waals surface area (Å²) in [5, 5.41) is 12.9. The predicted octanol–water partition coefficient (Wildman–Crippen LogP) is 4.01. The third-order valence-corrected chi connectivity index (χ3v) is 6.38. The summed E-state index contributed by atoms with van der Waals surface area (Å²) in [5.41, 5.74) is 0.818. The Bertz CT molecular complexity index is 1320. The highest BCUT2D eigenvalue weighted by atomic mass is 32.2. The lowest BCUT2D eigenvalue weighted by Gasteiger charge is -2.08. The van der Waals surface area contributed by atoms with Gasteiger partial charge in [0.1, 0.15) is 5.03 Å². The molecule has 0 fully saturated rings. The van der Waals surface area contributed by atoms with E-state index in [2.05, 4.69) is 20.5 Å². The van der Waals surface area contributed by atoms with Gasteiger partial charge in [-0.15, -0.1) is 21.5 Å². The van der Waals surface area contributed by atoms with Gasteiger partial charge < -0.3 is 23.9 Å². The Morgan fingerprint density at radius 3 is 2.91 bits per heavy atom. The van der Waals surface area contributed by atoms with Gasteiger partial charge in [0.2, 0.25) is 12.7 Å². The Labute approximate surface area is 201 Å². The van der Waals surface area contributed by atoms with Crippen molar-refractivity contribution in [1.82, 2.24) is 15.2 Å². The first-order chi connectivity index (χ1) is 16.7. The number of carbonyl (C=O) groups excluding carboxylic acids is 2. The van der Waals surface area contributed by atoms with Crippen LogP contribution in [0.15, 0.2) is 63.5 Å². The first-order valence-electron chi connectivity index (χ1n) is 9.96. The molecule has 0 radical (unpaired) electrons. The zero-order chi connectivity index (χ0) is 23.3. The number of aromatic nitrogens is 3. The Kier molecular flexibility index (Phi) is 6.40. The van der Waals surface area contributed by atoms with E-state index in [4.69, 9.17) is 18.6 Å². The summed E-state index contributed by atoms with van der Waals surface area (Å²) in [6.07, 6.45) is 1.54. The number of esters is 1. The van der Waals surface area contributed by atoms with Crippen molar-refractivity contribution in [1.29, 1.82) is 0 Å². The van der Waals surface area contributed by atoms with Crippen LogP contribution in [0.3, 0.4) is 0 Å². The fourth-order valence-electron chi connectivity index (χ4n) is 2.98. The summed E-state index contributed by atoms with van der Waals surface area (Å²) in [6, 6.07) is 12.1. The number of thioether (sulfide) groups is 1. The number of fused-ring (bicyclic) bond motifs is 1. The average Bonchev–Trinajstić information content (AvgIpc) is 3.62. The second kappa shape index (κ2) is 9.93. The minimum absolute atomic E-state index is 0.0412. The Morgan fingerprint density at radius 2 is 2.03 bits per heavy atom. The normalized spacial score (nSPS) is 11.9. The molecule has 5 rings (SSSR count). The molecule has 172 valence electrons. The average molecular weight is 497 g/mol. The van der Waals surface area contributed by atoms with E-state index in [1.807, 2.05) is 17.5 Å². The van der Waals surface area contributed by atoms with Crippen LogP contribution in [0.2, 0.25) is 0 Å². The van der Waals surface area contributed by atoms with Gasteiger partial charge in [-0.1, -0.05) is 17.8 Å². The molecule has 3 aromatic heterocycles. The van der Waals surface area contributed by atoms with Gasteiger partial charge in [-0.2, -0.15) is 0 Å². The molecule has 10 nitrogen and oxygen atoms in total. The van der Waals surface area contributed by atoms with Crippen molar-refractivity contribution < 1.29 is 28.2 Å². The van der Waals surface area contributed by atoms with Gasteiger partial charge >= 0.3 is 5.97 Å². The second-order valence-electron chi connectivity index (χ2n) is 6.82. The van der Waals surface area contributed by atoms with Crippen molar-refractivity contribution in [3.8, 4) is 22.3 Å². The molecule has 0 spiro atoms. The van der Waals surface area contributed by atoms with E-state index in [0.717, 1.165) is 16.6 Å². The molecule has 0 saturated heterocycles. The minimum Gasteiger partial charge on any atom is -0.454 e. The van der Waals surface area contributed by atoms with Gasteiger partial charge in [-0.05, 0) is 35.7 Å². The number of hydrogen-bond donors (Lipinski definition) is 1. The molecular formula is C22H16N4O6S2. The Balaban J connectivity index is 1.17. The van der Waals surface area contributed by atoms with E-state index in [1.165, 1.54) is 11.3 Å². The first-order valence-corrected chi connectivity index (χ1v) is 11.8. The lowest BCUT2D eigenvalue weighted by Crippen LogP contribution is -2.15. The van der Waals surface area contributed by atoms with Crippen molar-refractivity contribution >= 4 is 40.7 Å². The van der Waals surface area contributed by atoms with E-state index in [0.29, 0.717) is 28.1 Å². The molecule has 0 unspecified atom stereocenters. The molecule has 0 atom stereocenters. The SMILES string of the molecule is O=C(CSc1ncccc1C(=O)OCc1nnc(-c2cccs2)o1)Nc1ccc2c(c1)OCO2. The number of hydrogen-bond acceptors (Lipinski definition) is 11. The molecule has 4 aromatic rings. The maximum absolute atomic E-state index is 12.6. The van der Waals surface area contributed by atoms with Gasteiger partial charge in [0.05, 0.1) is 16.2 Å². The number of amides is 1. The molecule has 1 N–H and O–H groups in total. The van der Waals surface area contributed by atoms with Crippen LogP contribution in [0.25, 0.3) is 10.8 Å². The van der Waals surface area contributed by atoms with Crippen LogP contribution in [0.5, 0.6) is 11.5 Å². The second-order valence-corrected chi connectivity index (χ2v) is 8.73. The van der Waals surface area contributed by atoms with Crippen molar-refractivity contribution in [2.24, 2.45) is 0 Å². The van der Waals surface area contributed by atoms with Crippen LogP contribution in [-0.2, 0) is 16.1 Å². The number of anilines is 1. The fraction of sp³-hybridized carbons (Fsp3) is 0.136. The lowest BCUT2D eigenvalue weighted by atomic mass is 10.3. The highest BCUT2D eigenvalue weighted by Crippen LogP contribution is 2.34. The van der Waals surface area contributed by atoms with Gasteiger partial charge in [-0.25, -0.2) is 9.78 Å². The minimum atomic E-state index is -0.609. The summed E-state index contributed by atoms with van der Waals surface area (Å²) in [5.74, 6) is 0.921. The first kappa shape index (κ1) is 21.9. The fourth-order valence-corrected chi connectivity index (χ4v) is 4.41. The molecule has 0 bridgehead atoms. The van der Waals surface area contributed by atoms with E-state index in [1.54, 1.807) is 36.5 Å². The van der Waals surface area contributed by atoms with Crippen LogP contribution < -0.4 is 14.8 Å². The highest BCUT2D eigenvalue weighted by molar-refractivity contribution is 8.00. The molecule has 0 saturated carbocycles. The van der Waals surface area contributed by atoms with E-state index < -0.39 is 5.97 Å². The molecule has 1 amide bonds. The largest absolute Gasteiger partial charge is 0.454 e. The van der Waals surface area contributed by atoms with Gasteiger partial charge in [0, 0.05) is 18.0 Å². The number of nitrogens with one attached hydrogen (secondary N) is 1. The van der Waals surface area contributed by atoms with Crippen LogP contribution in [0.4, 0.5) is 5.69 Å². The molecule has 1 aromatic carbocycles. The van der Waals surface area contributed by atoms with E-state index >= 15 is 0 Å². The van der Waals surface area contributed by atoms with Crippen LogP contribution in [0.1, 0.15) is 16.2 Å². The maximum Gasteiger partial charge on any atom is 0.341 e. The van der Waals surface area contributed by atoms with E-state index in [9.17, 15) is 9.59 Å². The predicted molar refractivity (Wildman–Crippen MR) is 123 cm³/mol. The molecule has 4 heterocycles. The zero-order valence-corrected chi connectivity index (χ0v) is 19.1. The van der Waals surface area contributed by atoms with Crippen LogP contribution >= 0.6 is 23.1 Å². The summed E-state index contributed by atoms with van der Waals surface area (Å²) >= 11 is 2.59. The monoisotopic (exact) mass is 496 g/mol. The topological polar surface area (TPSA) is 126 Å². The standard InChI is InChI=1S/C22H16N4O6S2/c27-18(24-13-5-6-15-16(9-13)31-12-30-15)11-34-21-14(3-1-7-23-21)22(28)29-10-19-25-26-20(32-19)17-4-2-8-33-17/h1-9H,10-12H2,(H,24,27). The van der Waals surface area contributed by atoms with E-state index in [-0.39, 0.29) is 36.5 Å². The molecule has 1 aliphatic rings. The van der Waals surface area contributed by atoms with Crippen molar-refractivity contribution in [2.45, 2.75) is 11.6 Å². The van der Waals surface area contributed by atoms with Gasteiger partial charge in [0.15, 0.2) is 18.1 Å². The van der Waals surface area contributed by atoms with Crippen molar-refractivity contribution in [3.05, 3.63) is 65.5 Å². The molecule has 34 heavy (non-hydrogen) atoms. The molecule has 1 aliphatic heterocycles. The highest BCUT2D eigenvalue weighted by Gasteiger charge is 2.18.